The molecule has 2 saturated heterocycles. The van der Waals surface area contributed by atoms with Gasteiger partial charge in [0.1, 0.15) is 0 Å². The molecule has 1 aliphatic carbocycles. The Morgan fingerprint density at radius 2 is 1.83 bits per heavy atom. The van der Waals surface area contributed by atoms with Gasteiger partial charge in [-0.1, -0.05) is 45.2 Å². The van der Waals surface area contributed by atoms with Gasteiger partial charge < -0.3 is 0 Å². The number of hydrogen-bond donors (Lipinski definition) is 0. The average Bonchev–Trinajstić information content (AvgIpc) is 2.71. The molecule has 3 aliphatic rings. The van der Waals surface area contributed by atoms with E-state index in [1.54, 1.807) is 0 Å². The van der Waals surface area contributed by atoms with E-state index in [9.17, 15) is 0 Å². The summed E-state index contributed by atoms with van der Waals surface area (Å²) in [6.07, 6.45) is 4.52. The molecule has 0 amide bonds. The van der Waals surface area contributed by atoms with E-state index in [1.807, 2.05) is 0 Å². The lowest BCUT2D eigenvalue weighted by atomic mass is 9.43. The van der Waals surface area contributed by atoms with Crippen LogP contribution in [-0.4, -0.2) is 6.71 Å². The van der Waals surface area contributed by atoms with Crippen molar-refractivity contribution in [2.24, 2.45) is 5.41 Å². The molecule has 4 unspecified atom stereocenters. The first kappa shape index (κ1) is 7.47. The minimum absolute atomic E-state index is 0.749. The fourth-order valence-electron chi connectivity index (χ4n) is 4.63. The SMILES string of the molecule is CC1B2C1(C)CCC1(C)CC21C. The fourth-order valence-corrected chi connectivity index (χ4v) is 4.63. The van der Waals surface area contributed by atoms with Crippen LogP contribution in [0.25, 0.3) is 0 Å². The van der Waals surface area contributed by atoms with Crippen molar-refractivity contribution in [1.29, 1.82) is 0 Å². The Balaban J connectivity index is 1.99. The fraction of sp³-hybridized carbons (Fsp3) is 1.00. The first-order valence-electron chi connectivity index (χ1n) is 5.44. The highest BCUT2D eigenvalue weighted by atomic mass is 14.7. The predicted octanol–water partition coefficient (Wildman–Crippen LogP) is 3.61. The van der Waals surface area contributed by atoms with Gasteiger partial charge in [-0.25, -0.2) is 0 Å². The molecule has 1 saturated carbocycles. The summed E-state index contributed by atoms with van der Waals surface area (Å²) in [7, 11) is 0. The van der Waals surface area contributed by atoms with Crippen molar-refractivity contribution in [2.45, 2.75) is 63.4 Å². The van der Waals surface area contributed by atoms with E-state index in [0.717, 1.165) is 28.6 Å². The maximum atomic E-state index is 2.54. The summed E-state index contributed by atoms with van der Waals surface area (Å²) in [4.78, 5) is 0. The molecule has 0 spiro atoms. The molecule has 0 radical (unpaired) electrons. The molecule has 0 N–H and O–H groups in total. The van der Waals surface area contributed by atoms with Crippen LogP contribution in [0.5, 0.6) is 0 Å². The molecule has 0 aromatic heterocycles. The van der Waals surface area contributed by atoms with Crippen molar-refractivity contribution in [1.82, 2.24) is 0 Å². The standard InChI is InChI=1S/C11H19B/c1-8-10(3)6-5-9(2)7-11(9,4)12(8)10/h8H,5-7H2,1-4H3. The van der Waals surface area contributed by atoms with Crippen molar-refractivity contribution in [3.63, 3.8) is 0 Å². The second kappa shape index (κ2) is 1.53. The molecule has 4 atom stereocenters. The molecule has 0 aromatic carbocycles. The molecule has 0 aromatic rings. The minimum atomic E-state index is 0.749. The van der Waals surface area contributed by atoms with E-state index < -0.39 is 0 Å². The Kier molecular flexibility index (Phi) is 0.952. The van der Waals surface area contributed by atoms with Gasteiger partial charge in [-0.15, -0.1) is 0 Å². The number of fused-ring (bicyclic) bond motifs is 3. The average molecular weight is 162 g/mol. The normalized spacial score (nSPS) is 67.0. The Morgan fingerprint density at radius 3 is 2.42 bits per heavy atom. The first-order valence-corrected chi connectivity index (χ1v) is 5.44. The summed E-state index contributed by atoms with van der Waals surface area (Å²) in [5, 5.41) is 1.50. The van der Waals surface area contributed by atoms with Gasteiger partial charge in [0.2, 0.25) is 0 Å². The van der Waals surface area contributed by atoms with Gasteiger partial charge in [0.15, 0.2) is 6.71 Å². The zero-order valence-corrected chi connectivity index (χ0v) is 8.78. The second-order valence-electron chi connectivity index (χ2n) is 6.43. The van der Waals surface area contributed by atoms with Gasteiger partial charge in [-0.05, 0) is 23.6 Å². The molecule has 66 valence electrons. The lowest BCUT2D eigenvalue weighted by molar-refractivity contribution is 0.413. The number of rotatable bonds is 0. The van der Waals surface area contributed by atoms with E-state index in [0.29, 0.717) is 0 Å². The quantitative estimate of drug-likeness (QED) is 0.477. The van der Waals surface area contributed by atoms with Crippen LogP contribution in [0.2, 0.25) is 16.4 Å². The Morgan fingerprint density at radius 1 is 1.17 bits per heavy atom. The molecule has 2 aliphatic heterocycles. The third-order valence-electron chi connectivity index (χ3n) is 6.05. The Labute approximate surface area is 76.2 Å². The molecule has 12 heavy (non-hydrogen) atoms. The van der Waals surface area contributed by atoms with Crippen molar-refractivity contribution >= 4 is 6.71 Å². The van der Waals surface area contributed by atoms with Crippen LogP contribution in [0.1, 0.15) is 47.0 Å². The highest BCUT2D eigenvalue weighted by Crippen LogP contribution is 2.90. The van der Waals surface area contributed by atoms with Crippen molar-refractivity contribution in [2.75, 3.05) is 0 Å². The summed E-state index contributed by atoms with van der Waals surface area (Å²) < 4.78 is 0. The van der Waals surface area contributed by atoms with E-state index in [2.05, 4.69) is 27.7 Å². The van der Waals surface area contributed by atoms with Gasteiger partial charge in [0.25, 0.3) is 0 Å². The van der Waals surface area contributed by atoms with Crippen molar-refractivity contribution in [3.05, 3.63) is 0 Å². The van der Waals surface area contributed by atoms with Gasteiger partial charge >= 0.3 is 0 Å². The van der Waals surface area contributed by atoms with Crippen LogP contribution < -0.4 is 0 Å². The largest absolute Gasteiger partial charge is 0.155 e. The summed E-state index contributed by atoms with van der Waals surface area (Å²) in [6.45, 7) is 11.1. The summed E-state index contributed by atoms with van der Waals surface area (Å²) >= 11 is 0. The van der Waals surface area contributed by atoms with Crippen LogP contribution in [0.4, 0.5) is 0 Å². The maximum absolute atomic E-state index is 2.54. The van der Waals surface area contributed by atoms with Crippen molar-refractivity contribution in [3.8, 4) is 0 Å². The van der Waals surface area contributed by atoms with Gasteiger partial charge in [0, 0.05) is 0 Å². The highest BCUT2D eigenvalue weighted by Gasteiger charge is 2.81. The lowest BCUT2D eigenvalue weighted by Crippen LogP contribution is -2.20. The Bertz CT molecular complexity index is 262. The molecule has 2 heterocycles. The maximum Gasteiger partial charge on any atom is 0.155 e. The Hall–Kier alpha value is 0.0649. The van der Waals surface area contributed by atoms with Crippen molar-refractivity contribution < 1.29 is 0 Å². The van der Waals surface area contributed by atoms with E-state index in [1.165, 1.54) is 19.3 Å². The lowest BCUT2D eigenvalue weighted by Gasteiger charge is -2.27. The third-order valence-corrected chi connectivity index (χ3v) is 6.05. The van der Waals surface area contributed by atoms with Crippen LogP contribution in [0.15, 0.2) is 0 Å². The molecule has 1 heteroatoms. The van der Waals surface area contributed by atoms with Gasteiger partial charge in [-0.3, -0.25) is 0 Å². The molecular weight excluding hydrogens is 143 g/mol. The second-order valence-corrected chi connectivity index (χ2v) is 6.43. The third kappa shape index (κ3) is 0.515. The predicted molar refractivity (Wildman–Crippen MR) is 53.9 cm³/mol. The first-order chi connectivity index (χ1) is 5.44. The van der Waals surface area contributed by atoms with Gasteiger partial charge in [0.05, 0.1) is 0 Å². The molecule has 3 rings (SSSR count). The van der Waals surface area contributed by atoms with E-state index in [-0.39, 0.29) is 0 Å². The zero-order chi connectivity index (χ0) is 8.78. The topological polar surface area (TPSA) is 0 Å². The summed E-state index contributed by atoms with van der Waals surface area (Å²) in [5.41, 5.74) is 0.752. The van der Waals surface area contributed by atoms with E-state index in [4.69, 9.17) is 0 Å². The zero-order valence-electron chi connectivity index (χ0n) is 8.78. The molecule has 3 fully saturated rings. The summed E-state index contributed by atoms with van der Waals surface area (Å²) in [6, 6.07) is 0. The van der Waals surface area contributed by atoms with Crippen LogP contribution in [-0.2, 0) is 0 Å². The van der Waals surface area contributed by atoms with Crippen LogP contribution in [0.3, 0.4) is 0 Å². The highest BCUT2D eigenvalue weighted by molar-refractivity contribution is 6.80. The minimum Gasteiger partial charge on any atom is -0.0692 e. The molecule has 0 bridgehead atoms. The van der Waals surface area contributed by atoms with Gasteiger partial charge in [-0.2, -0.15) is 0 Å². The molecule has 0 nitrogen and oxygen atoms in total. The van der Waals surface area contributed by atoms with Crippen LogP contribution in [0, 0.1) is 5.41 Å². The number of hydrogen-bond acceptors (Lipinski definition) is 0. The van der Waals surface area contributed by atoms with Crippen LogP contribution >= 0.6 is 0 Å². The summed E-state index contributed by atoms with van der Waals surface area (Å²) in [5.74, 6) is 1.02. The van der Waals surface area contributed by atoms with E-state index >= 15 is 0 Å². The monoisotopic (exact) mass is 162 g/mol. The molecular formula is C11H19B. The smallest absolute Gasteiger partial charge is 0.0692 e.